The maximum atomic E-state index is 8.82. The molecular weight excluding hydrogens is 156 g/mol. The van der Waals surface area contributed by atoms with Gasteiger partial charge in [-0.1, -0.05) is 0 Å². The zero-order chi connectivity index (χ0) is 6.85. The van der Waals surface area contributed by atoms with E-state index in [2.05, 4.69) is 12.2 Å². The predicted octanol–water partition coefficient (Wildman–Crippen LogP) is 1.31. The predicted molar refractivity (Wildman–Crippen MR) is 35.8 cm³/mol. The van der Waals surface area contributed by atoms with Crippen LogP contribution in [0.4, 0.5) is 0 Å². The van der Waals surface area contributed by atoms with Gasteiger partial charge in [-0.15, -0.1) is 11.3 Å². The maximum absolute atomic E-state index is 8.82. The summed E-state index contributed by atoms with van der Waals surface area (Å²) < 4.78 is 1.36. The number of hydrogen-bond acceptors (Lipinski definition) is 4. The lowest BCUT2D eigenvalue weighted by molar-refractivity contribution is 0.443. The molecule has 0 bridgehead atoms. The monoisotopic (exact) mass is 158 g/mol. The first kappa shape index (κ1) is 6.26. The van der Waals surface area contributed by atoms with Crippen molar-refractivity contribution in [2.24, 2.45) is 0 Å². The highest BCUT2D eigenvalue weighted by Gasteiger charge is 1.97. The summed E-state index contributed by atoms with van der Waals surface area (Å²) in [6.07, 6.45) is 1.72. The second-order valence-corrected chi connectivity index (χ2v) is 2.80. The highest BCUT2D eigenvalue weighted by molar-refractivity contribution is 7.73. The van der Waals surface area contributed by atoms with Crippen LogP contribution in [0.3, 0.4) is 0 Å². The van der Waals surface area contributed by atoms with Crippen molar-refractivity contribution in [1.29, 1.82) is 5.26 Å². The van der Waals surface area contributed by atoms with Crippen LogP contribution in [0.25, 0.3) is 0 Å². The standard InChI is InChI=1S/C4H2N2OS2/c5-2-6-3(7)1-9-4(6)8/h1,7H. The third kappa shape index (κ3) is 0.943. The summed E-state index contributed by atoms with van der Waals surface area (Å²) in [5, 5.41) is 18.5. The van der Waals surface area contributed by atoms with E-state index in [0.29, 0.717) is 3.95 Å². The lowest BCUT2D eigenvalue weighted by Gasteiger charge is -1.83. The average Bonchev–Trinajstić information content (AvgIpc) is 2.12. The van der Waals surface area contributed by atoms with E-state index < -0.39 is 0 Å². The van der Waals surface area contributed by atoms with Crippen LogP contribution in [-0.4, -0.2) is 9.67 Å². The topological polar surface area (TPSA) is 49.0 Å². The largest absolute Gasteiger partial charge is 0.493 e. The molecule has 0 saturated heterocycles. The van der Waals surface area contributed by atoms with Gasteiger partial charge in [-0.25, -0.2) is 0 Å². The summed E-state index contributed by atoms with van der Waals surface area (Å²) in [5.41, 5.74) is 0. The lowest BCUT2D eigenvalue weighted by Crippen LogP contribution is -1.83. The van der Waals surface area contributed by atoms with Gasteiger partial charge in [0.05, 0.1) is 5.38 Å². The van der Waals surface area contributed by atoms with Crippen molar-refractivity contribution in [3.8, 4) is 12.1 Å². The Morgan fingerprint density at radius 1 is 1.89 bits per heavy atom. The Hall–Kier alpha value is -0.860. The van der Waals surface area contributed by atoms with Crippen LogP contribution in [0.1, 0.15) is 0 Å². The minimum atomic E-state index is -0.0903. The Bertz CT molecular complexity index is 305. The van der Waals surface area contributed by atoms with Crippen molar-refractivity contribution >= 4 is 23.6 Å². The normalized spacial score (nSPS) is 8.78. The van der Waals surface area contributed by atoms with E-state index in [9.17, 15) is 0 Å². The molecule has 0 fully saturated rings. The summed E-state index contributed by atoms with van der Waals surface area (Å²) in [5.74, 6) is -0.0903. The van der Waals surface area contributed by atoms with Gasteiger partial charge in [0.15, 0.2) is 10.1 Å². The molecule has 1 aromatic heterocycles. The molecule has 3 nitrogen and oxygen atoms in total. The van der Waals surface area contributed by atoms with E-state index >= 15 is 0 Å². The van der Waals surface area contributed by atoms with Gasteiger partial charge in [0.2, 0.25) is 5.88 Å². The molecular formula is C4H2N2OS2. The van der Waals surface area contributed by atoms with Gasteiger partial charge in [-0.2, -0.15) is 9.83 Å². The molecule has 0 unspecified atom stereocenters. The number of aromatic hydroxyl groups is 1. The number of nitriles is 1. The molecule has 0 atom stereocenters. The molecule has 1 rings (SSSR count). The van der Waals surface area contributed by atoms with Crippen LogP contribution >= 0.6 is 23.6 Å². The molecule has 1 aromatic rings. The zero-order valence-electron chi connectivity index (χ0n) is 4.24. The summed E-state index contributed by atoms with van der Waals surface area (Å²) in [4.78, 5) is 0. The van der Waals surface area contributed by atoms with E-state index in [4.69, 9.17) is 10.4 Å². The molecule has 0 amide bonds. The van der Waals surface area contributed by atoms with Crippen LogP contribution in [0.15, 0.2) is 5.38 Å². The van der Waals surface area contributed by atoms with Crippen molar-refractivity contribution < 1.29 is 5.11 Å². The van der Waals surface area contributed by atoms with Gasteiger partial charge < -0.3 is 5.11 Å². The van der Waals surface area contributed by atoms with Crippen molar-refractivity contribution in [2.45, 2.75) is 0 Å². The minimum absolute atomic E-state index is 0.0903. The van der Waals surface area contributed by atoms with E-state index in [1.165, 1.54) is 5.38 Å². The van der Waals surface area contributed by atoms with Gasteiger partial charge >= 0.3 is 0 Å². The fourth-order valence-electron chi connectivity index (χ4n) is 0.394. The second-order valence-electron chi connectivity index (χ2n) is 1.30. The number of aromatic nitrogens is 1. The summed E-state index contributed by atoms with van der Waals surface area (Å²) in [7, 11) is 0. The fourth-order valence-corrected chi connectivity index (χ4v) is 1.22. The molecule has 0 aliphatic heterocycles. The van der Waals surface area contributed by atoms with Crippen molar-refractivity contribution in [2.75, 3.05) is 0 Å². The van der Waals surface area contributed by atoms with E-state index in [1.54, 1.807) is 6.19 Å². The quantitative estimate of drug-likeness (QED) is 0.579. The van der Waals surface area contributed by atoms with Gasteiger partial charge in [-0.05, 0) is 12.2 Å². The third-order valence-electron chi connectivity index (χ3n) is 0.777. The molecule has 9 heavy (non-hydrogen) atoms. The first-order valence-electron chi connectivity index (χ1n) is 2.05. The molecule has 5 heteroatoms. The Morgan fingerprint density at radius 3 is 2.78 bits per heavy atom. The maximum Gasteiger partial charge on any atom is 0.216 e. The van der Waals surface area contributed by atoms with Crippen LogP contribution in [0.5, 0.6) is 5.88 Å². The Morgan fingerprint density at radius 2 is 2.56 bits per heavy atom. The summed E-state index contributed by atoms with van der Waals surface area (Å²) in [6, 6.07) is 0. The molecule has 0 spiro atoms. The molecule has 1 N–H and O–H groups in total. The zero-order valence-corrected chi connectivity index (χ0v) is 5.87. The highest BCUT2D eigenvalue weighted by Crippen LogP contribution is 2.14. The van der Waals surface area contributed by atoms with Gasteiger partial charge in [0, 0.05) is 0 Å². The Labute approximate surface area is 60.4 Å². The average molecular weight is 158 g/mol. The second kappa shape index (κ2) is 2.17. The molecule has 0 radical (unpaired) electrons. The van der Waals surface area contributed by atoms with Crippen LogP contribution < -0.4 is 0 Å². The van der Waals surface area contributed by atoms with Crippen molar-refractivity contribution in [3.63, 3.8) is 0 Å². The molecule has 0 aliphatic carbocycles. The molecule has 0 aromatic carbocycles. The van der Waals surface area contributed by atoms with Gasteiger partial charge in [0.1, 0.15) is 0 Å². The first-order valence-corrected chi connectivity index (χ1v) is 3.34. The lowest BCUT2D eigenvalue weighted by atomic mass is 10.8. The van der Waals surface area contributed by atoms with Crippen molar-refractivity contribution in [1.82, 2.24) is 4.57 Å². The molecule has 0 saturated carbocycles. The summed E-state index contributed by atoms with van der Waals surface area (Å²) >= 11 is 5.83. The van der Waals surface area contributed by atoms with Crippen molar-refractivity contribution in [3.05, 3.63) is 9.33 Å². The highest BCUT2D eigenvalue weighted by atomic mass is 32.1. The molecule has 0 aliphatic rings. The molecule has 1 heterocycles. The minimum Gasteiger partial charge on any atom is -0.493 e. The van der Waals surface area contributed by atoms with Crippen LogP contribution in [-0.2, 0) is 0 Å². The van der Waals surface area contributed by atoms with Gasteiger partial charge in [0.25, 0.3) is 0 Å². The Kier molecular flexibility index (Phi) is 1.51. The summed E-state index contributed by atoms with van der Waals surface area (Å²) in [6.45, 7) is 0. The fraction of sp³-hybridized carbons (Fsp3) is 0. The Balaban J connectivity index is 3.46. The number of rotatable bonds is 0. The number of hydrogen-bond donors (Lipinski definition) is 1. The number of thiazole rings is 1. The first-order chi connectivity index (χ1) is 4.25. The van der Waals surface area contributed by atoms with Gasteiger partial charge in [-0.3, -0.25) is 0 Å². The van der Waals surface area contributed by atoms with E-state index in [0.717, 1.165) is 15.9 Å². The van der Waals surface area contributed by atoms with Crippen LogP contribution in [0.2, 0.25) is 0 Å². The molecule has 46 valence electrons. The number of nitrogens with zero attached hydrogens (tertiary/aromatic N) is 2. The third-order valence-corrected chi connectivity index (χ3v) is 1.96. The van der Waals surface area contributed by atoms with Crippen LogP contribution in [0, 0.1) is 15.4 Å². The smallest absolute Gasteiger partial charge is 0.216 e. The SMILES string of the molecule is N#Cn1c(O)csc1=S. The van der Waals surface area contributed by atoms with E-state index in [-0.39, 0.29) is 5.88 Å². The van der Waals surface area contributed by atoms with E-state index in [1.807, 2.05) is 0 Å².